The average molecular weight is 472 g/mol. The zero-order valence-electron chi connectivity index (χ0n) is 18.3. The van der Waals surface area contributed by atoms with Crippen LogP contribution in [0.4, 0.5) is 0 Å². The fourth-order valence-corrected chi connectivity index (χ4v) is 10.1. The third kappa shape index (κ3) is 7.51. The first-order chi connectivity index (χ1) is 11.4. The number of unbranched alkanes of at least 4 members (excludes halogenated alkanes) is 2. The van der Waals surface area contributed by atoms with Crippen LogP contribution in [0.15, 0.2) is 21.8 Å². The van der Waals surface area contributed by atoms with Crippen molar-refractivity contribution in [1.29, 1.82) is 0 Å². The second-order valence-electron chi connectivity index (χ2n) is 10.2. The van der Waals surface area contributed by atoms with E-state index in [2.05, 4.69) is 60.2 Å². The van der Waals surface area contributed by atoms with E-state index in [1.165, 1.54) is 32.4 Å². The van der Waals surface area contributed by atoms with Gasteiger partial charge in [0.1, 0.15) is 0 Å². The summed E-state index contributed by atoms with van der Waals surface area (Å²) in [5.74, 6) is 0. The van der Waals surface area contributed by atoms with Crippen LogP contribution in [0.1, 0.15) is 46.5 Å². The molecule has 0 aromatic rings. The zero-order valence-corrected chi connectivity index (χ0v) is 22.2. The van der Waals surface area contributed by atoms with Crippen molar-refractivity contribution in [3.8, 4) is 0 Å². The number of hydrogen-bond acceptors (Lipinski definition) is 2. The van der Waals surface area contributed by atoms with E-state index in [9.17, 15) is 0 Å². The van der Waals surface area contributed by atoms with Crippen LogP contribution in [0.3, 0.4) is 0 Å². The third-order valence-corrected chi connectivity index (χ3v) is 17.3. The summed E-state index contributed by atoms with van der Waals surface area (Å²) in [7, 11) is -1.68. The molecular formula is C21H43NOSiSn. The summed E-state index contributed by atoms with van der Waals surface area (Å²) < 4.78 is 8.47. The van der Waals surface area contributed by atoms with Crippen LogP contribution in [0, 0.1) is 0 Å². The van der Waals surface area contributed by atoms with Gasteiger partial charge in [-0.15, -0.1) is 0 Å². The van der Waals surface area contributed by atoms with Crippen molar-refractivity contribution in [2.45, 2.75) is 79.4 Å². The first kappa shape index (κ1) is 23.5. The summed E-state index contributed by atoms with van der Waals surface area (Å²) in [4.78, 5) is 10.4. The van der Waals surface area contributed by atoms with E-state index in [1.807, 2.05) is 9.67 Å². The Morgan fingerprint density at radius 1 is 1.20 bits per heavy atom. The Labute approximate surface area is 163 Å². The van der Waals surface area contributed by atoms with Crippen molar-refractivity contribution >= 4 is 26.7 Å². The van der Waals surface area contributed by atoms with E-state index in [0.717, 1.165) is 19.6 Å². The molecule has 0 unspecified atom stereocenters. The van der Waals surface area contributed by atoms with Crippen LogP contribution < -0.4 is 0 Å². The van der Waals surface area contributed by atoms with Crippen molar-refractivity contribution in [3.63, 3.8) is 0 Å². The molecule has 1 aliphatic rings. The Kier molecular flexibility index (Phi) is 8.97. The van der Waals surface area contributed by atoms with Gasteiger partial charge in [-0.1, -0.05) is 0 Å². The molecule has 0 aromatic carbocycles. The number of nitrogens with zero attached hydrogens (tertiary/aromatic N) is 1. The Morgan fingerprint density at radius 2 is 1.84 bits per heavy atom. The minimum absolute atomic E-state index is 0.289. The standard InChI is InChI=1S/C18H34NOSi.3CH3.Sn/c1-7-8-9-10-13-19-14-11-12-17(15-19)16-20-21(5,6)18(2,3)4;;;;/h7H,1,8-11,13-16H2,2-6H3;3*1H3;. The van der Waals surface area contributed by atoms with Gasteiger partial charge in [-0.2, -0.15) is 0 Å². The molecule has 1 aliphatic heterocycles. The predicted octanol–water partition coefficient (Wildman–Crippen LogP) is 6.24. The maximum absolute atomic E-state index is 6.62. The van der Waals surface area contributed by atoms with Gasteiger partial charge in [-0.05, 0) is 0 Å². The Bertz CT molecular complexity index is 471. The fourth-order valence-electron chi connectivity index (χ4n) is 3.23. The van der Waals surface area contributed by atoms with Crippen molar-refractivity contribution in [1.82, 2.24) is 4.90 Å². The molecule has 0 saturated heterocycles. The van der Waals surface area contributed by atoms with Gasteiger partial charge < -0.3 is 0 Å². The van der Waals surface area contributed by atoms with Crippen molar-refractivity contribution in [3.05, 3.63) is 21.8 Å². The molecule has 4 heteroatoms. The normalized spacial score (nSPS) is 17.9. The molecule has 0 bridgehead atoms. The van der Waals surface area contributed by atoms with Crippen LogP contribution in [-0.4, -0.2) is 57.8 Å². The third-order valence-electron chi connectivity index (χ3n) is 5.97. The molecule has 0 N–H and O–H groups in total. The van der Waals surface area contributed by atoms with E-state index >= 15 is 0 Å². The molecule has 146 valence electrons. The minimum atomic E-state index is -2.03. The first-order valence-electron chi connectivity index (χ1n) is 10.1. The fraction of sp³-hybridized carbons (Fsp3) is 0.810. The van der Waals surface area contributed by atoms with Crippen molar-refractivity contribution in [2.24, 2.45) is 0 Å². The molecule has 1 rings (SSSR count). The molecular weight excluding hydrogens is 429 g/mol. The van der Waals surface area contributed by atoms with E-state index < -0.39 is 26.7 Å². The summed E-state index contributed by atoms with van der Waals surface area (Å²) >= 11 is -2.03. The Hall–Kier alpha value is 0.416. The molecule has 1 heterocycles. The molecule has 25 heavy (non-hydrogen) atoms. The molecule has 0 saturated carbocycles. The zero-order chi connectivity index (χ0) is 19.3. The van der Waals surface area contributed by atoms with Gasteiger partial charge in [-0.3, -0.25) is 0 Å². The second-order valence-corrected chi connectivity index (χ2v) is 29.6. The van der Waals surface area contributed by atoms with Crippen molar-refractivity contribution in [2.75, 3.05) is 26.2 Å². The van der Waals surface area contributed by atoms with Gasteiger partial charge in [0.05, 0.1) is 0 Å². The average Bonchev–Trinajstić information content (AvgIpc) is 2.47. The molecule has 0 aromatic heterocycles. The van der Waals surface area contributed by atoms with Gasteiger partial charge in [0.15, 0.2) is 0 Å². The van der Waals surface area contributed by atoms with Gasteiger partial charge in [-0.25, -0.2) is 0 Å². The van der Waals surface area contributed by atoms with E-state index in [0.29, 0.717) is 0 Å². The predicted molar refractivity (Wildman–Crippen MR) is 119 cm³/mol. The van der Waals surface area contributed by atoms with Crippen molar-refractivity contribution < 1.29 is 4.43 Å². The second kappa shape index (κ2) is 9.56. The van der Waals surface area contributed by atoms with Crippen LogP contribution in [0.25, 0.3) is 0 Å². The van der Waals surface area contributed by atoms with E-state index in [4.69, 9.17) is 4.43 Å². The van der Waals surface area contributed by atoms with Crippen LogP contribution in [0.5, 0.6) is 0 Å². The van der Waals surface area contributed by atoms with Gasteiger partial charge in [0.25, 0.3) is 0 Å². The molecule has 0 fully saturated rings. The molecule has 0 spiro atoms. The maximum atomic E-state index is 6.62. The van der Waals surface area contributed by atoms with Gasteiger partial charge in [0.2, 0.25) is 0 Å². The summed E-state index contributed by atoms with van der Waals surface area (Å²) in [6, 6.07) is 0. The van der Waals surface area contributed by atoms with Gasteiger partial charge in [0, 0.05) is 0 Å². The Morgan fingerprint density at radius 3 is 2.36 bits per heavy atom. The monoisotopic (exact) mass is 473 g/mol. The molecule has 0 amide bonds. The Balaban J connectivity index is 2.80. The topological polar surface area (TPSA) is 12.5 Å². The summed E-state index contributed by atoms with van der Waals surface area (Å²) in [5.41, 5.74) is 1.64. The summed E-state index contributed by atoms with van der Waals surface area (Å²) in [6.45, 7) is 20.1. The van der Waals surface area contributed by atoms with E-state index in [1.54, 1.807) is 5.57 Å². The van der Waals surface area contributed by atoms with E-state index in [-0.39, 0.29) is 5.04 Å². The molecule has 0 aliphatic carbocycles. The quantitative estimate of drug-likeness (QED) is 0.224. The van der Waals surface area contributed by atoms with Crippen LogP contribution in [-0.2, 0) is 4.43 Å². The van der Waals surface area contributed by atoms with Gasteiger partial charge >= 0.3 is 163 Å². The first-order valence-corrected chi connectivity index (χ1v) is 23.0. The number of rotatable bonds is 9. The number of hydrogen-bond donors (Lipinski definition) is 0. The summed E-state index contributed by atoms with van der Waals surface area (Å²) in [5, 5.41) is 0.289. The van der Waals surface area contributed by atoms with Crippen LogP contribution in [0.2, 0.25) is 33.0 Å². The molecule has 0 radical (unpaired) electrons. The van der Waals surface area contributed by atoms with Crippen LogP contribution >= 0.6 is 0 Å². The molecule has 2 nitrogen and oxygen atoms in total. The molecule has 0 atom stereocenters. The summed E-state index contributed by atoms with van der Waals surface area (Å²) in [6.07, 6.45) is 7.04. The number of allylic oxidation sites excluding steroid dienone is 1. The SMILES string of the molecule is C=CCCCCN1CC[C]([Sn]([CH3])([CH3])[CH3])=C(CO[Si](C)(C)C(C)(C)C)C1.